The van der Waals surface area contributed by atoms with Crippen LogP contribution in [-0.4, -0.2) is 65.9 Å². The maximum atomic E-state index is 12.5. The lowest BCUT2D eigenvalue weighted by atomic mass is 9.83. The smallest absolute Gasteiger partial charge is 0.289 e. The van der Waals surface area contributed by atoms with Gasteiger partial charge in [0.25, 0.3) is 5.91 Å². The number of likely N-dealkylation sites (tertiary alicyclic amines) is 1. The van der Waals surface area contributed by atoms with E-state index in [1.807, 2.05) is 16.2 Å². The number of rotatable bonds is 3. The molecule has 2 aromatic heterocycles. The number of hydrogen-bond acceptors (Lipinski definition) is 5. The number of thiophene rings is 1. The molecular weight excluding hydrogens is 346 g/mol. The zero-order chi connectivity index (χ0) is 18.1. The molecule has 0 aliphatic carbocycles. The lowest BCUT2D eigenvalue weighted by molar-refractivity contribution is -0.0264. The summed E-state index contributed by atoms with van der Waals surface area (Å²) in [7, 11) is 2.25. The van der Waals surface area contributed by atoms with Gasteiger partial charge in [0.05, 0.1) is 6.26 Å². The van der Waals surface area contributed by atoms with Gasteiger partial charge in [0.1, 0.15) is 0 Å². The van der Waals surface area contributed by atoms with Gasteiger partial charge in [-0.1, -0.05) is 0 Å². The van der Waals surface area contributed by atoms with Gasteiger partial charge >= 0.3 is 0 Å². The van der Waals surface area contributed by atoms with Crippen LogP contribution < -0.4 is 0 Å². The normalized spacial score (nSPS) is 21.4. The van der Waals surface area contributed by atoms with E-state index in [-0.39, 0.29) is 11.4 Å². The first-order chi connectivity index (χ1) is 12.6. The topological polar surface area (TPSA) is 39.9 Å². The predicted octanol–water partition coefficient (Wildman–Crippen LogP) is 3.07. The minimum Gasteiger partial charge on any atom is -0.459 e. The number of piperazine rings is 1. The van der Waals surface area contributed by atoms with Gasteiger partial charge in [0.2, 0.25) is 0 Å². The van der Waals surface area contributed by atoms with Gasteiger partial charge in [-0.2, -0.15) is 0 Å². The fourth-order valence-electron chi connectivity index (χ4n) is 4.27. The van der Waals surface area contributed by atoms with Crippen LogP contribution in [0.4, 0.5) is 0 Å². The Morgan fingerprint density at radius 1 is 1.23 bits per heavy atom. The molecule has 0 N–H and O–H groups in total. The highest BCUT2D eigenvalue weighted by Gasteiger charge is 2.43. The van der Waals surface area contributed by atoms with Gasteiger partial charge in [-0.15, -0.1) is 11.3 Å². The third-order valence-electron chi connectivity index (χ3n) is 6.13. The second kappa shape index (κ2) is 7.18. The minimum atomic E-state index is 0.0226. The van der Waals surface area contributed by atoms with Crippen molar-refractivity contribution in [3.63, 3.8) is 0 Å². The number of hydrogen-bond donors (Lipinski definition) is 0. The second-order valence-corrected chi connectivity index (χ2v) is 8.65. The molecule has 2 aliphatic heterocycles. The third kappa shape index (κ3) is 3.33. The molecule has 0 bridgehead atoms. The first-order valence-corrected chi connectivity index (χ1v) is 10.2. The molecule has 1 amide bonds. The van der Waals surface area contributed by atoms with Gasteiger partial charge in [-0.3, -0.25) is 14.6 Å². The van der Waals surface area contributed by atoms with Gasteiger partial charge in [-0.05, 0) is 56.0 Å². The van der Waals surface area contributed by atoms with Crippen molar-refractivity contribution >= 4 is 17.2 Å². The minimum absolute atomic E-state index is 0.0226. The van der Waals surface area contributed by atoms with Crippen molar-refractivity contribution in [3.05, 3.63) is 46.0 Å². The highest BCUT2D eigenvalue weighted by atomic mass is 32.1. The molecule has 26 heavy (non-hydrogen) atoms. The van der Waals surface area contributed by atoms with Gasteiger partial charge in [-0.25, -0.2) is 0 Å². The van der Waals surface area contributed by atoms with E-state index in [2.05, 4.69) is 35.2 Å². The summed E-state index contributed by atoms with van der Waals surface area (Å²) >= 11 is 1.86. The Kier molecular flexibility index (Phi) is 4.90. The molecule has 2 aromatic rings. The number of likely N-dealkylation sites (N-methyl/N-ethyl adjacent to an activating group) is 1. The van der Waals surface area contributed by atoms with Crippen molar-refractivity contribution in [2.24, 2.45) is 0 Å². The molecule has 6 heteroatoms. The Balaban J connectivity index is 1.41. The summed E-state index contributed by atoms with van der Waals surface area (Å²) in [6.45, 7) is 8.15. The van der Waals surface area contributed by atoms with Crippen molar-refractivity contribution in [2.75, 3.05) is 39.8 Å². The van der Waals surface area contributed by atoms with E-state index < -0.39 is 0 Å². The quantitative estimate of drug-likeness (QED) is 0.829. The molecule has 140 valence electrons. The van der Waals surface area contributed by atoms with E-state index in [9.17, 15) is 4.79 Å². The van der Waals surface area contributed by atoms with Crippen molar-refractivity contribution in [3.8, 4) is 0 Å². The number of aryl methyl sites for hydroxylation is 1. The van der Waals surface area contributed by atoms with E-state index >= 15 is 0 Å². The predicted molar refractivity (Wildman–Crippen MR) is 104 cm³/mol. The summed E-state index contributed by atoms with van der Waals surface area (Å²) in [4.78, 5) is 21.1. The van der Waals surface area contributed by atoms with Crippen LogP contribution in [0, 0.1) is 6.92 Å². The highest BCUT2D eigenvalue weighted by molar-refractivity contribution is 7.10. The molecule has 2 aliphatic rings. The summed E-state index contributed by atoms with van der Waals surface area (Å²) < 4.78 is 5.28. The molecular formula is C20H27N3O2S. The molecule has 1 spiro atoms. The molecule has 0 aromatic carbocycles. The molecule has 0 radical (unpaired) electrons. The van der Waals surface area contributed by atoms with Crippen LogP contribution in [0.3, 0.4) is 0 Å². The zero-order valence-corrected chi connectivity index (χ0v) is 16.4. The Morgan fingerprint density at radius 2 is 2.04 bits per heavy atom. The fourth-order valence-corrected chi connectivity index (χ4v) is 5.22. The molecule has 0 saturated carbocycles. The van der Waals surface area contributed by atoms with Crippen molar-refractivity contribution in [1.82, 2.24) is 14.7 Å². The van der Waals surface area contributed by atoms with Gasteiger partial charge in [0.15, 0.2) is 5.76 Å². The van der Waals surface area contributed by atoms with Crippen LogP contribution in [0.2, 0.25) is 0 Å². The lowest BCUT2D eigenvalue weighted by Crippen LogP contribution is -2.64. The summed E-state index contributed by atoms with van der Waals surface area (Å²) in [5.41, 5.74) is 1.59. The summed E-state index contributed by atoms with van der Waals surface area (Å²) in [5, 5.41) is 2.19. The average molecular weight is 374 g/mol. The van der Waals surface area contributed by atoms with Crippen molar-refractivity contribution in [2.45, 2.75) is 31.8 Å². The Bertz CT molecular complexity index is 747. The highest BCUT2D eigenvalue weighted by Crippen LogP contribution is 2.33. The number of carbonyl (C=O) groups excluding carboxylic acids is 1. The number of carbonyl (C=O) groups is 1. The number of furan rings is 1. The molecule has 5 nitrogen and oxygen atoms in total. The monoisotopic (exact) mass is 373 g/mol. The fraction of sp³-hybridized carbons (Fsp3) is 0.550. The second-order valence-electron chi connectivity index (χ2n) is 7.65. The summed E-state index contributed by atoms with van der Waals surface area (Å²) in [6, 6.07) is 5.74. The maximum Gasteiger partial charge on any atom is 0.289 e. The summed E-state index contributed by atoms with van der Waals surface area (Å²) in [6.07, 6.45) is 3.61. The van der Waals surface area contributed by atoms with E-state index in [1.165, 1.54) is 10.4 Å². The largest absolute Gasteiger partial charge is 0.459 e. The average Bonchev–Trinajstić information content (AvgIpc) is 3.31. The van der Waals surface area contributed by atoms with E-state index in [0.29, 0.717) is 5.76 Å². The Hall–Kier alpha value is -1.63. The molecule has 2 fully saturated rings. The maximum absolute atomic E-state index is 12.5. The standard InChI is InChI=1S/C20H27N3O2S/c1-16-5-13-26-18(16)14-22-11-10-21(2)20(15-22)6-8-23(9-7-20)19(24)17-4-3-12-25-17/h3-5,12-13H,6-11,14-15H2,1-2H3. The first kappa shape index (κ1) is 17.8. The van der Waals surface area contributed by atoms with E-state index in [4.69, 9.17) is 4.42 Å². The lowest BCUT2D eigenvalue weighted by Gasteiger charge is -2.53. The van der Waals surface area contributed by atoms with Gasteiger partial charge < -0.3 is 9.32 Å². The molecule has 0 unspecified atom stereocenters. The van der Waals surface area contributed by atoms with Crippen molar-refractivity contribution in [1.29, 1.82) is 0 Å². The van der Waals surface area contributed by atoms with Crippen LogP contribution in [-0.2, 0) is 6.54 Å². The van der Waals surface area contributed by atoms with Crippen LogP contribution in [0.5, 0.6) is 0 Å². The Labute approximate surface area is 159 Å². The molecule has 4 heterocycles. The third-order valence-corrected chi connectivity index (χ3v) is 7.14. The Morgan fingerprint density at radius 3 is 2.69 bits per heavy atom. The summed E-state index contributed by atoms with van der Waals surface area (Å²) in [5.74, 6) is 0.474. The van der Waals surface area contributed by atoms with Crippen LogP contribution in [0.1, 0.15) is 33.8 Å². The number of amides is 1. The van der Waals surface area contributed by atoms with E-state index in [0.717, 1.165) is 52.1 Å². The van der Waals surface area contributed by atoms with Crippen LogP contribution in [0.25, 0.3) is 0 Å². The number of nitrogens with zero attached hydrogens (tertiary/aromatic N) is 3. The van der Waals surface area contributed by atoms with Crippen LogP contribution in [0.15, 0.2) is 34.3 Å². The van der Waals surface area contributed by atoms with Crippen molar-refractivity contribution < 1.29 is 9.21 Å². The SMILES string of the molecule is Cc1ccsc1CN1CCN(C)C2(CCN(C(=O)c3ccco3)CC2)C1. The number of piperidine rings is 1. The molecule has 0 atom stereocenters. The van der Waals surface area contributed by atoms with Crippen LogP contribution >= 0.6 is 11.3 Å². The first-order valence-electron chi connectivity index (χ1n) is 9.37. The molecule has 2 saturated heterocycles. The van der Waals surface area contributed by atoms with E-state index in [1.54, 1.807) is 18.4 Å². The zero-order valence-electron chi connectivity index (χ0n) is 15.6. The van der Waals surface area contributed by atoms with Gasteiger partial charge in [0, 0.05) is 49.7 Å². The molecule has 4 rings (SSSR count).